The number of carbonyl (C=O) groups is 1. The monoisotopic (exact) mass is 519 g/mol. The maximum atomic E-state index is 13.0. The summed E-state index contributed by atoms with van der Waals surface area (Å²) in [6.07, 6.45) is 1.49. The summed E-state index contributed by atoms with van der Waals surface area (Å²) in [6, 6.07) is 20.4. The van der Waals surface area contributed by atoms with Gasteiger partial charge in [-0.05, 0) is 54.8 Å². The van der Waals surface area contributed by atoms with Crippen molar-refractivity contribution in [3.05, 3.63) is 94.8 Å². The molecule has 8 heteroatoms. The number of aryl methyl sites for hydroxylation is 1. The van der Waals surface area contributed by atoms with Gasteiger partial charge in [-0.1, -0.05) is 42.5 Å². The number of aromatic amines is 1. The number of amides is 1. The zero-order chi connectivity index (χ0) is 27.1. The molecule has 198 valence electrons. The Morgan fingerprint density at radius 3 is 2.82 bits per heavy atom. The molecule has 1 aliphatic heterocycles. The van der Waals surface area contributed by atoms with Crippen molar-refractivity contribution in [1.29, 1.82) is 5.41 Å². The van der Waals surface area contributed by atoms with Gasteiger partial charge in [0.05, 0.1) is 34.4 Å². The van der Waals surface area contributed by atoms with E-state index in [0.717, 1.165) is 46.9 Å². The first-order valence-corrected chi connectivity index (χ1v) is 13.5. The van der Waals surface area contributed by atoms with Gasteiger partial charge in [0.1, 0.15) is 11.6 Å². The minimum Gasteiger partial charge on any atom is -0.352 e. The fourth-order valence-electron chi connectivity index (χ4n) is 5.57. The number of carbonyl (C=O) groups excluding carboxylic acids is 1. The molecule has 1 aliphatic rings. The third kappa shape index (κ3) is 4.72. The SMILES string of the molecule is CC(=N)C1Cc2nc(C(C)c3nc4ccc(C(=O)NCCc5cccc6ccccc56)cc4n3C)[nH]c2CN1. The van der Waals surface area contributed by atoms with Gasteiger partial charge in [-0.25, -0.2) is 9.97 Å². The fourth-order valence-corrected chi connectivity index (χ4v) is 5.57. The van der Waals surface area contributed by atoms with Crippen molar-refractivity contribution >= 4 is 33.4 Å². The average Bonchev–Trinajstić information content (AvgIpc) is 3.53. The zero-order valence-corrected chi connectivity index (χ0v) is 22.5. The number of hydrogen-bond acceptors (Lipinski definition) is 5. The Kier molecular flexibility index (Phi) is 6.48. The van der Waals surface area contributed by atoms with Crippen LogP contribution < -0.4 is 10.6 Å². The van der Waals surface area contributed by atoms with Crippen LogP contribution in [0.3, 0.4) is 0 Å². The zero-order valence-electron chi connectivity index (χ0n) is 22.5. The second-order valence-electron chi connectivity index (χ2n) is 10.5. The summed E-state index contributed by atoms with van der Waals surface area (Å²) >= 11 is 0. The Bertz CT molecular complexity index is 1710. The number of hydrogen-bond donors (Lipinski definition) is 4. The number of H-pyrrole nitrogens is 1. The van der Waals surface area contributed by atoms with E-state index in [9.17, 15) is 4.79 Å². The lowest BCUT2D eigenvalue weighted by Gasteiger charge is -2.21. The topological polar surface area (TPSA) is 111 Å². The van der Waals surface area contributed by atoms with Crippen LogP contribution in [0.25, 0.3) is 21.8 Å². The average molecular weight is 520 g/mol. The van der Waals surface area contributed by atoms with E-state index in [1.54, 1.807) is 0 Å². The van der Waals surface area contributed by atoms with E-state index >= 15 is 0 Å². The predicted molar refractivity (Wildman–Crippen MR) is 155 cm³/mol. The molecule has 5 aromatic rings. The summed E-state index contributed by atoms with van der Waals surface area (Å²) in [5.41, 5.74) is 6.34. The van der Waals surface area contributed by atoms with Crippen LogP contribution >= 0.6 is 0 Å². The van der Waals surface area contributed by atoms with Gasteiger partial charge < -0.3 is 25.6 Å². The van der Waals surface area contributed by atoms with Crippen molar-refractivity contribution in [2.45, 2.75) is 45.2 Å². The third-order valence-corrected chi connectivity index (χ3v) is 7.86. The van der Waals surface area contributed by atoms with Gasteiger partial charge in [-0.2, -0.15) is 0 Å². The minimum absolute atomic E-state index is 0.0383. The molecule has 0 bridgehead atoms. The highest BCUT2D eigenvalue weighted by atomic mass is 16.1. The van der Waals surface area contributed by atoms with Gasteiger partial charge in [-0.15, -0.1) is 0 Å². The molecule has 0 saturated heterocycles. The molecule has 4 N–H and O–H groups in total. The first-order valence-electron chi connectivity index (χ1n) is 13.5. The second-order valence-corrected chi connectivity index (χ2v) is 10.5. The van der Waals surface area contributed by atoms with Crippen LogP contribution in [0.2, 0.25) is 0 Å². The molecule has 8 nitrogen and oxygen atoms in total. The number of fused-ring (bicyclic) bond motifs is 3. The third-order valence-electron chi connectivity index (χ3n) is 7.86. The summed E-state index contributed by atoms with van der Waals surface area (Å²) in [5, 5.41) is 16.9. The molecule has 0 aliphatic carbocycles. The molecule has 0 fully saturated rings. The molecule has 2 atom stereocenters. The van der Waals surface area contributed by atoms with Gasteiger partial charge in [0.15, 0.2) is 0 Å². The molecule has 0 spiro atoms. The standard InChI is InChI=1S/C31H33N7O/c1-18(29-35-26-16-25(19(2)32)34-17-27(26)36-29)30-37-24-12-11-22(15-28(24)38(30)3)31(39)33-14-13-21-9-6-8-20-7-4-5-10-23(20)21/h4-12,15,18,25,32,34H,13-14,16-17H2,1-3H3,(H,33,39)(H,35,36). The van der Waals surface area contributed by atoms with Crippen LogP contribution in [-0.4, -0.2) is 43.7 Å². The lowest BCUT2D eigenvalue weighted by molar-refractivity contribution is 0.0954. The molecular formula is C31H33N7O. The molecule has 0 radical (unpaired) electrons. The summed E-state index contributed by atoms with van der Waals surface area (Å²) in [7, 11) is 1.99. The van der Waals surface area contributed by atoms with E-state index < -0.39 is 0 Å². The molecule has 3 aromatic carbocycles. The highest BCUT2D eigenvalue weighted by molar-refractivity contribution is 5.97. The number of aromatic nitrogens is 4. The van der Waals surface area contributed by atoms with Crippen LogP contribution in [0, 0.1) is 5.41 Å². The Balaban J connectivity index is 1.17. The highest BCUT2D eigenvalue weighted by Gasteiger charge is 2.26. The van der Waals surface area contributed by atoms with Crippen molar-refractivity contribution in [2.24, 2.45) is 7.05 Å². The number of nitrogens with zero attached hydrogens (tertiary/aromatic N) is 3. The minimum atomic E-state index is -0.0878. The van der Waals surface area contributed by atoms with Gasteiger partial charge in [0.2, 0.25) is 0 Å². The lowest BCUT2D eigenvalue weighted by atomic mass is 10.0. The number of nitrogens with one attached hydrogen (secondary N) is 4. The predicted octanol–water partition coefficient (Wildman–Crippen LogP) is 4.63. The van der Waals surface area contributed by atoms with Crippen LogP contribution in [-0.2, 0) is 26.4 Å². The first kappa shape index (κ1) is 25.0. The van der Waals surface area contributed by atoms with Crippen molar-refractivity contribution in [1.82, 2.24) is 30.2 Å². The van der Waals surface area contributed by atoms with Crippen molar-refractivity contribution < 1.29 is 4.79 Å². The van der Waals surface area contributed by atoms with Gasteiger partial charge in [0.25, 0.3) is 5.91 Å². The molecule has 6 rings (SSSR count). The fraction of sp³-hybridized carbons (Fsp3) is 0.290. The smallest absolute Gasteiger partial charge is 0.251 e. The van der Waals surface area contributed by atoms with Crippen LogP contribution in [0.1, 0.15) is 58.7 Å². The molecule has 2 unspecified atom stereocenters. The maximum absolute atomic E-state index is 13.0. The molecule has 1 amide bonds. The highest BCUT2D eigenvalue weighted by Crippen LogP contribution is 2.27. The van der Waals surface area contributed by atoms with Crippen LogP contribution in [0.15, 0.2) is 60.7 Å². The number of rotatable bonds is 7. The Morgan fingerprint density at radius 1 is 1.15 bits per heavy atom. The largest absolute Gasteiger partial charge is 0.352 e. The van der Waals surface area contributed by atoms with E-state index in [0.29, 0.717) is 24.4 Å². The van der Waals surface area contributed by atoms with Crippen molar-refractivity contribution in [2.75, 3.05) is 6.54 Å². The summed E-state index contributed by atoms with van der Waals surface area (Å²) in [6.45, 7) is 5.17. The normalized spacial score (nSPS) is 15.8. The summed E-state index contributed by atoms with van der Waals surface area (Å²) in [5.74, 6) is 1.62. The molecule has 39 heavy (non-hydrogen) atoms. The number of benzene rings is 3. The second kappa shape index (κ2) is 10.1. The maximum Gasteiger partial charge on any atom is 0.251 e. The van der Waals surface area contributed by atoms with Crippen LogP contribution in [0.5, 0.6) is 0 Å². The van der Waals surface area contributed by atoms with Gasteiger partial charge in [-0.3, -0.25) is 4.79 Å². The van der Waals surface area contributed by atoms with Crippen molar-refractivity contribution in [3.63, 3.8) is 0 Å². The van der Waals surface area contributed by atoms with E-state index in [4.69, 9.17) is 15.4 Å². The van der Waals surface area contributed by atoms with Gasteiger partial charge in [0, 0.05) is 37.8 Å². The summed E-state index contributed by atoms with van der Waals surface area (Å²) in [4.78, 5) is 26.3. The van der Waals surface area contributed by atoms with E-state index in [1.165, 1.54) is 16.3 Å². The Hall–Kier alpha value is -4.30. The Labute approximate surface area is 227 Å². The summed E-state index contributed by atoms with van der Waals surface area (Å²) < 4.78 is 2.05. The van der Waals surface area contributed by atoms with Crippen LogP contribution in [0.4, 0.5) is 0 Å². The number of imidazole rings is 2. The van der Waals surface area contributed by atoms with Crippen molar-refractivity contribution in [3.8, 4) is 0 Å². The Morgan fingerprint density at radius 2 is 1.97 bits per heavy atom. The van der Waals surface area contributed by atoms with Gasteiger partial charge >= 0.3 is 0 Å². The molecule has 2 aromatic heterocycles. The molecular weight excluding hydrogens is 486 g/mol. The van der Waals surface area contributed by atoms with E-state index in [-0.39, 0.29) is 17.9 Å². The molecule has 3 heterocycles. The quantitative estimate of drug-likeness (QED) is 0.235. The van der Waals surface area contributed by atoms with E-state index in [1.807, 2.05) is 38.2 Å². The first-order chi connectivity index (χ1) is 18.9. The molecule has 0 saturated carbocycles. The van der Waals surface area contributed by atoms with E-state index in [2.05, 4.69) is 63.5 Å². The lowest BCUT2D eigenvalue weighted by Crippen LogP contribution is -2.40.